The summed E-state index contributed by atoms with van der Waals surface area (Å²) in [5.74, 6) is 0. The molecule has 134 valence electrons. The van der Waals surface area contributed by atoms with E-state index < -0.39 is 23.9 Å². The molecule has 2 amide bonds. The maximum absolute atomic E-state index is 12.9. The Labute approximate surface area is 138 Å². The molecule has 1 fully saturated rings. The summed E-state index contributed by atoms with van der Waals surface area (Å²) in [4.78, 5) is 13.7. The summed E-state index contributed by atoms with van der Waals surface area (Å²) in [6.07, 6.45) is -2.06. The van der Waals surface area contributed by atoms with Crippen LogP contribution in [-0.2, 0) is 6.18 Å². The number of aliphatic hydroxyl groups is 1. The number of urea groups is 1. The Morgan fingerprint density at radius 3 is 2.50 bits per heavy atom. The van der Waals surface area contributed by atoms with Crippen molar-refractivity contribution < 1.29 is 23.1 Å². The number of benzene rings is 1. The molecule has 1 aliphatic rings. The quantitative estimate of drug-likeness (QED) is 0.788. The number of amides is 2. The van der Waals surface area contributed by atoms with E-state index in [4.69, 9.17) is 0 Å². The summed E-state index contributed by atoms with van der Waals surface area (Å²) in [5, 5.41) is 15.0. The van der Waals surface area contributed by atoms with E-state index in [9.17, 15) is 23.1 Å². The number of halogens is 3. The lowest BCUT2D eigenvalue weighted by molar-refractivity contribution is -0.137. The largest absolute Gasteiger partial charge is 0.416 e. The topological polar surface area (TPSA) is 64.6 Å². The SMILES string of the molecule is CN(C)c1ccc(C(F)(F)F)cc1NC(=O)N[C@H]1CCCC[C@H]1O. The first-order chi connectivity index (χ1) is 11.2. The van der Waals surface area contributed by atoms with Gasteiger partial charge in [-0.15, -0.1) is 0 Å². The molecule has 1 aliphatic carbocycles. The second kappa shape index (κ2) is 7.29. The fourth-order valence-electron chi connectivity index (χ4n) is 2.81. The van der Waals surface area contributed by atoms with Gasteiger partial charge in [-0.3, -0.25) is 0 Å². The molecular formula is C16H22F3N3O2. The van der Waals surface area contributed by atoms with E-state index in [1.54, 1.807) is 19.0 Å². The van der Waals surface area contributed by atoms with Gasteiger partial charge in [0.15, 0.2) is 0 Å². The fourth-order valence-corrected chi connectivity index (χ4v) is 2.81. The number of nitrogens with one attached hydrogen (secondary N) is 2. The monoisotopic (exact) mass is 345 g/mol. The summed E-state index contributed by atoms with van der Waals surface area (Å²) in [6, 6.07) is 2.19. The Balaban J connectivity index is 2.15. The number of rotatable bonds is 3. The van der Waals surface area contributed by atoms with Gasteiger partial charge in [0, 0.05) is 14.1 Å². The van der Waals surface area contributed by atoms with Gasteiger partial charge in [0.2, 0.25) is 0 Å². The molecule has 0 radical (unpaired) electrons. The van der Waals surface area contributed by atoms with Gasteiger partial charge in [-0.25, -0.2) is 4.79 Å². The first kappa shape index (κ1) is 18.4. The summed E-state index contributed by atoms with van der Waals surface area (Å²) >= 11 is 0. The third-order valence-electron chi connectivity index (χ3n) is 4.10. The number of carbonyl (C=O) groups is 1. The van der Waals surface area contributed by atoms with Crippen molar-refractivity contribution in [2.24, 2.45) is 0 Å². The van der Waals surface area contributed by atoms with Crippen molar-refractivity contribution >= 4 is 17.4 Å². The van der Waals surface area contributed by atoms with Crippen LogP contribution in [0.2, 0.25) is 0 Å². The Morgan fingerprint density at radius 1 is 1.25 bits per heavy atom. The van der Waals surface area contributed by atoms with Crippen LogP contribution in [0.25, 0.3) is 0 Å². The average molecular weight is 345 g/mol. The van der Waals surface area contributed by atoms with Crippen molar-refractivity contribution in [1.29, 1.82) is 0 Å². The van der Waals surface area contributed by atoms with Crippen molar-refractivity contribution in [3.8, 4) is 0 Å². The van der Waals surface area contributed by atoms with Crippen LogP contribution in [0.15, 0.2) is 18.2 Å². The zero-order valence-corrected chi connectivity index (χ0v) is 13.7. The van der Waals surface area contributed by atoms with Crippen LogP contribution in [-0.4, -0.2) is 37.4 Å². The van der Waals surface area contributed by atoms with E-state index in [1.165, 1.54) is 6.07 Å². The number of alkyl halides is 3. The molecular weight excluding hydrogens is 323 g/mol. The van der Waals surface area contributed by atoms with Crippen molar-refractivity contribution in [1.82, 2.24) is 5.32 Å². The van der Waals surface area contributed by atoms with E-state index in [2.05, 4.69) is 10.6 Å². The van der Waals surface area contributed by atoms with Crippen LogP contribution in [0.5, 0.6) is 0 Å². The van der Waals surface area contributed by atoms with Gasteiger partial charge < -0.3 is 20.6 Å². The number of hydrogen-bond donors (Lipinski definition) is 3. The highest BCUT2D eigenvalue weighted by molar-refractivity contribution is 5.93. The van der Waals surface area contributed by atoms with Crippen LogP contribution < -0.4 is 15.5 Å². The van der Waals surface area contributed by atoms with E-state index >= 15 is 0 Å². The molecule has 0 aromatic heterocycles. The third kappa shape index (κ3) is 4.53. The Morgan fingerprint density at radius 2 is 1.92 bits per heavy atom. The second-order valence-electron chi connectivity index (χ2n) is 6.18. The minimum absolute atomic E-state index is 0.0672. The van der Waals surface area contributed by atoms with Gasteiger partial charge in [-0.05, 0) is 31.0 Å². The zero-order valence-electron chi connectivity index (χ0n) is 13.7. The first-order valence-corrected chi connectivity index (χ1v) is 7.82. The molecule has 8 heteroatoms. The fraction of sp³-hybridized carbons (Fsp3) is 0.562. The summed E-state index contributed by atoms with van der Waals surface area (Å²) in [6.45, 7) is 0. The van der Waals surface area contributed by atoms with Crippen molar-refractivity contribution in [3.05, 3.63) is 23.8 Å². The lowest BCUT2D eigenvalue weighted by atomic mass is 9.93. The Hall–Kier alpha value is -1.96. The Bertz CT molecular complexity index is 590. The van der Waals surface area contributed by atoms with E-state index in [-0.39, 0.29) is 11.7 Å². The van der Waals surface area contributed by atoms with Crippen LogP contribution in [0.1, 0.15) is 31.2 Å². The van der Waals surface area contributed by atoms with Crippen molar-refractivity contribution in [2.45, 2.75) is 44.0 Å². The van der Waals surface area contributed by atoms with Crippen molar-refractivity contribution in [3.63, 3.8) is 0 Å². The molecule has 5 nitrogen and oxygen atoms in total. The lowest BCUT2D eigenvalue weighted by Gasteiger charge is -2.28. The van der Waals surface area contributed by atoms with Crippen LogP contribution in [0.4, 0.5) is 29.3 Å². The number of aliphatic hydroxyl groups excluding tert-OH is 1. The highest BCUT2D eigenvalue weighted by Crippen LogP contribution is 2.34. The standard InChI is InChI=1S/C16H22F3N3O2/c1-22(2)13-8-7-10(16(17,18)19)9-12(13)21-15(24)20-11-5-3-4-6-14(11)23/h7-9,11,14,23H,3-6H2,1-2H3,(H2,20,21,24)/t11-,14+/m0/s1. The molecule has 0 unspecified atom stereocenters. The smallest absolute Gasteiger partial charge is 0.391 e. The highest BCUT2D eigenvalue weighted by atomic mass is 19.4. The molecule has 1 aromatic rings. The van der Waals surface area contributed by atoms with Crippen molar-refractivity contribution in [2.75, 3.05) is 24.3 Å². The molecule has 0 saturated heterocycles. The molecule has 2 atom stereocenters. The maximum atomic E-state index is 12.9. The molecule has 24 heavy (non-hydrogen) atoms. The van der Waals surface area contributed by atoms with Gasteiger partial charge in [0.1, 0.15) is 0 Å². The molecule has 0 spiro atoms. The summed E-state index contributed by atoms with van der Waals surface area (Å²) < 4.78 is 38.7. The van der Waals surface area contributed by atoms with Crippen LogP contribution in [0.3, 0.4) is 0 Å². The number of anilines is 2. The number of carbonyl (C=O) groups excluding carboxylic acids is 1. The summed E-state index contributed by atoms with van der Waals surface area (Å²) in [7, 11) is 3.35. The number of hydrogen-bond acceptors (Lipinski definition) is 3. The second-order valence-corrected chi connectivity index (χ2v) is 6.18. The zero-order chi connectivity index (χ0) is 17.9. The van der Waals surface area contributed by atoms with E-state index in [0.717, 1.165) is 25.0 Å². The molecule has 1 aromatic carbocycles. The predicted molar refractivity (Wildman–Crippen MR) is 86.2 cm³/mol. The number of nitrogens with zero attached hydrogens (tertiary/aromatic N) is 1. The van der Waals surface area contributed by atoms with Gasteiger partial charge >= 0.3 is 12.2 Å². The lowest BCUT2D eigenvalue weighted by Crippen LogP contribution is -2.46. The first-order valence-electron chi connectivity index (χ1n) is 7.82. The predicted octanol–water partition coefficient (Wildman–Crippen LogP) is 3.20. The molecule has 1 saturated carbocycles. The third-order valence-corrected chi connectivity index (χ3v) is 4.10. The van der Waals surface area contributed by atoms with E-state index in [0.29, 0.717) is 18.5 Å². The van der Waals surface area contributed by atoms with Gasteiger partial charge in [0.25, 0.3) is 0 Å². The van der Waals surface area contributed by atoms with E-state index in [1.807, 2.05) is 0 Å². The van der Waals surface area contributed by atoms with Gasteiger partial charge in [-0.1, -0.05) is 12.8 Å². The average Bonchev–Trinajstić information content (AvgIpc) is 2.48. The molecule has 3 N–H and O–H groups in total. The normalized spacial score (nSPS) is 21.2. The minimum atomic E-state index is -4.49. The minimum Gasteiger partial charge on any atom is -0.391 e. The van der Waals surface area contributed by atoms with Crippen LogP contribution >= 0.6 is 0 Å². The van der Waals surface area contributed by atoms with Crippen LogP contribution in [0, 0.1) is 0 Å². The summed E-state index contributed by atoms with van der Waals surface area (Å²) in [5.41, 5.74) is -0.305. The van der Waals surface area contributed by atoms with Gasteiger partial charge in [0.05, 0.1) is 29.1 Å². The highest BCUT2D eigenvalue weighted by Gasteiger charge is 2.31. The molecule has 0 aliphatic heterocycles. The molecule has 0 bridgehead atoms. The maximum Gasteiger partial charge on any atom is 0.416 e. The molecule has 2 rings (SSSR count). The van der Waals surface area contributed by atoms with Gasteiger partial charge in [-0.2, -0.15) is 13.2 Å². The Kier molecular flexibility index (Phi) is 5.58. The molecule has 0 heterocycles.